The van der Waals surface area contributed by atoms with Crippen LogP contribution in [0.25, 0.3) is 11.3 Å². The van der Waals surface area contributed by atoms with Crippen molar-refractivity contribution in [1.29, 1.82) is 0 Å². The second kappa shape index (κ2) is 15.4. The fourth-order valence-electron chi connectivity index (χ4n) is 15.8. The monoisotopic (exact) mass is 888 g/mol. The van der Waals surface area contributed by atoms with Crippen molar-refractivity contribution < 1.29 is 19.1 Å². The summed E-state index contributed by atoms with van der Waals surface area (Å²) in [6.45, 7) is 25.3. The van der Waals surface area contributed by atoms with E-state index in [-0.39, 0.29) is 75.0 Å². The molecule has 1 heterocycles. The molecule has 0 radical (unpaired) electrons. The molecule has 0 bridgehead atoms. The summed E-state index contributed by atoms with van der Waals surface area (Å²) in [5, 5.41) is 4.13. The third kappa shape index (κ3) is 6.76. The molecule has 2 aromatic carbocycles. The molecule has 2 N–H and O–H groups in total. The molecule has 5 saturated carbocycles. The molecule has 6 aliphatic rings. The normalized spacial score (nSPS) is 36.3. The molecular formula is C56H74ClN3O4. The standard InChI is InChI=1S/C56H74ClN3O4/c1-33(2)45-41(61)31-56(49(63)60-52(7,8)48-58-32-40(59-48)35-17-19-37(57)20-18-35)28-27-54(10)38(46(45)56)21-22-43-53(9)25-24-44(51(5,6)42(53)23-26-55(43,54)11)64-47(62)39-30-36(50(39,3)4)29-34-15-13-12-14-16-34/h12-20,32-33,36,38-39,42-44H,21-31H2,1-11H3,(H,58,59)(H,60,63)/t36-,38-,39-,42+,43-,44+,53+,54-,55-,56-/m1/s1. The number of allylic oxidation sites excluding steroid dienone is 1. The third-order valence-electron chi connectivity index (χ3n) is 19.9. The van der Waals surface area contributed by atoms with Crippen LogP contribution in [0.1, 0.15) is 152 Å². The van der Waals surface area contributed by atoms with Gasteiger partial charge >= 0.3 is 5.97 Å². The van der Waals surface area contributed by atoms with E-state index in [4.69, 9.17) is 21.3 Å². The van der Waals surface area contributed by atoms with Gasteiger partial charge in [-0.15, -0.1) is 0 Å². The Morgan fingerprint density at radius 3 is 2.23 bits per heavy atom. The number of hydrogen-bond acceptors (Lipinski definition) is 5. The van der Waals surface area contributed by atoms with Crippen LogP contribution in [0.4, 0.5) is 0 Å². The second-order valence-corrected chi connectivity index (χ2v) is 24.7. The zero-order chi connectivity index (χ0) is 46.0. The molecular weight excluding hydrogens is 814 g/mol. The lowest BCUT2D eigenvalue weighted by Crippen LogP contribution is -2.66. The zero-order valence-electron chi connectivity index (χ0n) is 40.6. The number of H-pyrrole nitrogens is 1. The van der Waals surface area contributed by atoms with Gasteiger partial charge in [-0.3, -0.25) is 14.4 Å². The van der Waals surface area contributed by atoms with E-state index in [0.29, 0.717) is 35.0 Å². The molecule has 1 amide bonds. The van der Waals surface area contributed by atoms with E-state index in [0.717, 1.165) is 80.2 Å². The van der Waals surface area contributed by atoms with E-state index >= 15 is 4.79 Å². The lowest BCUT2D eigenvalue weighted by Gasteiger charge is -2.72. The van der Waals surface area contributed by atoms with Crippen LogP contribution in [0, 0.1) is 68.0 Å². The largest absolute Gasteiger partial charge is 0.462 e. The first-order chi connectivity index (χ1) is 30.0. The van der Waals surface area contributed by atoms with Gasteiger partial charge in [0.05, 0.1) is 28.8 Å². The van der Waals surface area contributed by atoms with Crippen LogP contribution in [0.15, 0.2) is 71.9 Å². The summed E-state index contributed by atoms with van der Waals surface area (Å²) in [6, 6.07) is 18.3. The number of nitrogens with zero attached hydrogens (tertiary/aromatic N) is 1. The number of aromatic nitrogens is 2. The van der Waals surface area contributed by atoms with E-state index < -0.39 is 11.0 Å². The lowest BCUT2D eigenvalue weighted by molar-refractivity contribution is -0.236. The molecule has 6 aliphatic carbocycles. The van der Waals surface area contributed by atoms with Crippen LogP contribution < -0.4 is 5.32 Å². The SMILES string of the molecule is CC(C)C1=C2[C@H]3CC[C@@H]4[C@@]5(C)CC[C@H](OC(=O)[C@H]6C[C@@H](Cc7ccccc7)C6(C)C)C(C)(C)[C@@H]5CC[C@@]4(C)[C@]3(C)CC[C@@]2(C(=O)NC(C)(C)c2ncc(-c3ccc(Cl)cc3)[nH]2)CC1=O. The Labute approximate surface area is 388 Å². The maximum absolute atomic E-state index is 15.2. The number of fused-ring (bicyclic) bond motifs is 7. The molecule has 3 aromatic rings. The van der Waals surface area contributed by atoms with Gasteiger partial charge in [0.25, 0.3) is 0 Å². The number of carbonyl (C=O) groups is 3. The van der Waals surface area contributed by atoms with Crippen molar-refractivity contribution in [3.05, 3.63) is 88.4 Å². The molecule has 0 unspecified atom stereocenters. The molecule has 0 spiro atoms. The van der Waals surface area contributed by atoms with Gasteiger partial charge in [0, 0.05) is 16.9 Å². The molecule has 344 valence electrons. The van der Waals surface area contributed by atoms with Crippen LogP contribution in [0.2, 0.25) is 5.02 Å². The number of carbonyl (C=O) groups excluding carboxylic acids is 3. The molecule has 9 rings (SSSR count). The summed E-state index contributed by atoms with van der Waals surface area (Å²) >= 11 is 6.17. The fourth-order valence-corrected chi connectivity index (χ4v) is 16.0. The third-order valence-corrected chi connectivity index (χ3v) is 20.1. The molecule has 1 aromatic heterocycles. The predicted octanol–water partition coefficient (Wildman–Crippen LogP) is 12.9. The van der Waals surface area contributed by atoms with Crippen molar-refractivity contribution in [2.24, 2.45) is 68.0 Å². The summed E-state index contributed by atoms with van der Waals surface area (Å²) in [4.78, 5) is 51.9. The number of rotatable bonds is 9. The molecule has 0 saturated heterocycles. The maximum Gasteiger partial charge on any atom is 0.309 e. The number of benzene rings is 2. The number of aromatic amines is 1. The molecule has 5 fully saturated rings. The van der Waals surface area contributed by atoms with Gasteiger partial charge in [0.2, 0.25) is 5.91 Å². The highest BCUT2D eigenvalue weighted by atomic mass is 35.5. The average molecular weight is 889 g/mol. The Kier molecular flexibility index (Phi) is 11.0. The maximum atomic E-state index is 15.2. The Bertz CT molecular complexity index is 2360. The highest BCUT2D eigenvalue weighted by Crippen LogP contribution is 2.77. The number of Topliss-reactive ketones (excluding diaryl/α,β-unsaturated/α-hetero) is 1. The fraction of sp³-hybridized carbons (Fsp3) is 0.643. The molecule has 7 nitrogen and oxygen atoms in total. The summed E-state index contributed by atoms with van der Waals surface area (Å²) in [6.07, 6.45) is 11.7. The number of hydrogen-bond donors (Lipinski definition) is 2. The summed E-state index contributed by atoms with van der Waals surface area (Å²) in [5.74, 6) is 2.32. The van der Waals surface area contributed by atoms with Crippen LogP contribution >= 0.6 is 11.6 Å². The molecule has 10 atom stereocenters. The average Bonchev–Trinajstić information content (AvgIpc) is 3.85. The predicted molar refractivity (Wildman–Crippen MR) is 255 cm³/mol. The number of ketones is 1. The lowest BCUT2D eigenvalue weighted by atomic mass is 9.33. The van der Waals surface area contributed by atoms with Gasteiger partial charge in [-0.05, 0) is 164 Å². The van der Waals surface area contributed by atoms with Crippen molar-refractivity contribution in [2.45, 2.75) is 158 Å². The summed E-state index contributed by atoms with van der Waals surface area (Å²) in [7, 11) is 0. The van der Waals surface area contributed by atoms with Crippen LogP contribution in [0.5, 0.6) is 0 Å². The van der Waals surface area contributed by atoms with Crippen molar-refractivity contribution in [3.8, 4) is 11.3 Å². The van der Waals surface area contributed by atoms with Crippen LogP contribution in [-0.2, 0) is 31.1 Å². The second-order valence-electron chi connectivity index (χ2n) is 24.3. The topological polar surface area (TPSA) is 101 Å². The number of imidazole rings is 1. The van der Waals surface area contributed by atoms with Gasteiger partial charge in [-0.25, -0.2) is 4.98 Å². The van der Waals surface area contributed by atoms with Crippen LogP contribution in [0.3, 0.4) is 0 Å². The number of esters is 1. The number of amides is 1. The van der Waals surface area contributed by atoms with E-state index in [9.17, 15) is 9.59 Å². The van der Waals surface area contributed by atoms with Gasteiger partial charge in [-0.2, -0.15) is 0 Å². The first-order valence-electron chi connectivity index (χ1n) is 24.7. The minimum absolute atomic E-state index is 0.00922. The Balaban J connectivity index is 0.942. The van der Waals surface area contributed by atoms with E-state index in [1.807, 2.05) is 44.3 Å². The quantitative estimate of drug-likeness (QED) is 0.208. The van der Waals surface area contributed by atoms with Crippen molar-refractivity contribution in [2.75, 3.05) is 0 Å². The van der Waals surface area contributed by atoms with E-state index in [1.165, 1.54) is 5.56 Å². The van der Waals surface area contributed by atoms with E-state index in [1.54, 1.807) is 0 Å². The minimum atomic E-state index is -0.867. The van der Waals surface area contributed by atoms with Crippen LogP contribution in [-0.4, -0.2) is 33.7 Å². The zero-order valence-corrected chi connectivity index (χ0v) is 41.3. The smallest absolute Gasteiger partial charge is 0.309 e. The van der Waals surface area contributed by atoms with Gasteiger partial charge in [-0.1, -0.05) is 116 Å². The van der Waals surface area contributed by atoms with Crippen molar-refractivity contribution >= 4 is 29.3 Å². The molecule has 64 heavy (non-hydrogen) atoms. The van der Waals surface area contributed by atoms with Crippen molar-refractivity contribution in [1.82, 2.24) is 15.3 Å². The highest BCUT2D eigenvalue weighted by molar-refractivity contribution is 6.30. The van der Waals surface area contributed by atoms with Gasteiger partial charge < -0.3 is 15.0 Å². The highest BCUT2D eigenvalue weighted by Gasteiger charge is 2.71. The Hall–Kier alpha value is -3.71. The van der Waals surface area contributed by atoms with E-state index in [2.05, 4.69) is 103 Å². The summed E-state index contributed by atoms with van der Waals surface area (Å²) < 4.78 is 6.69. The first kappa shape index (κ1) is 45.4. The van der Waals surface area contributed by atoms with Crippen molar-refractivity contribution in [3.63, 3.8) is 0 Å². The molecule has 0 aliphatic heterocycles. The number of ether oxygens (including phenoxy) is 1. The molecule has 8 heteroatoms. The minimum Gasteiger partial charge on any atom is -0.462 e. The Morgan fingerprint density at radius 1 is 0.859 bits per heavy atom. The Morgan fingerprint density at radius 2 is 1.56 bits per heavy atom. The van der Waals surface area contributed by atoms with Gasteiger partial charge in [0.1, 0.15) is 11.9 Å². The summed E-state index contributed by atoms with van der Waals surface area (Å²) in [5.41, 5.74) is 3.37. The number of halogens is 1. The first-order valence-corrected chi connectivity index (χ1v) is 25.0. The van der Waals surface area contributed by atoms with Gasteiger partial charge in [0.15, 0.2) is 5.78 Å². The number of nitrogens with one attached hydrogen (secondary N) is 2.